The average Bonchev–Trinajstić information content (AvgIpc) is 2.73. The number of rotatable bonds is 3. The van der Waals surface area contributed by atoms with E-state index in [4.69, 9.17) is 4.42 Å². The summed E-state index contributed by atoms with van der Waals surface area (Å²) in [5.74, 6) is 0.305. The molecule has 1 heterocycles. The van der Waals surface area contributed by atoms with Crippen molar-refractivity contribution in [2.45, 2.75) is 6.92 Å². The summed E-state index contributed by atoms with van der Waals surface area (Å²) >= 11 is 0. The van der Waals surface area contributed by atoms with Gasteiger partial charge in [-0.2, -0.15) is 5.10 Å². The molecule has 6 nitrogen and oxygen atoms in total. The summed E-state index contributed by atoms with van der Waals surface area (Å²) in [5.41, 5.74) is 2.36. The van der Waals surface area contributed by atoms with E-state index in [2.05, 4.69) is 10.5 Å². The number of hydrazone groups is 1. The van der Waals surface area contributed by atoms with Crippen molar-refractivity contribution in [2.75, 3.05) is 0 Å². The van der Waals surface area contributed by atoms with Crippen LogP contribution in [0.3, 0.4) is 0 Å². The minimum atomic E-state index is -0.550. The monoisotopic (exact) mass is 260 g/mol. The number of aromatic hydroxyl groups is 2. The first-order valence-electron chi connectivity index (χ1n) is 5.47. The summed E-state index contributed by atoms with van der Waals surface area (Å²) in [6.07, 6.45) is 1.35. The van der Waals surface area contributed by atoms with Gasteiger partial charge < -0.3 is 14.6 Å². The maximum Gasteiger partial charge on any atom is 0.271 e. The molecule has 0 saturated heterocycles. The van der Waals surface area contributed by atoms with Gasteiger partial charge in [0.25, 0.3) is 5.91 Å². The second kappa shape index (κ2) is 5.26. The van der Waals surface area contributed by atoms with E-state index in [1.54, 1.807) is 19.1 Å². The van der Waals surface area contributed by atoms with Gasteiger partial charge in [0.15, 0.2) is 0 Å². The van der Waals surface area contributed by atoms with Crippen LogP contribution in [0, 0.1) is 6.92 Å². The number of phenolic OH excluding ortho intramolecular Hbond substituents is 2. The van der Waals surface area contributed by atoms with Crippen molar-refractivity contribution in [3.05, 3.63) is 47.4 Å². The van der Waals surface area contributed by atoms with E-state index in [1.165, 1.54) is 18.3 Å². The molecule has 1 amide bonds. The van der Waals surface area contributed by atoms with E-state index >= 15 is 0 Å². The average molecular weight is 260 g/mol. The Balaban J connectivity index is 2.03. The number of carbonyl (C=O) groups excluding carboxylic acids is 1. The van der Waals surface area contributed by atoms with Crippen LogP contribution in [0.2, 0.25) is 0 Å². The molecule has 6 heteroatoms. The number of aryl methyl sites for hydroxylation is 1. The van der Waals surface area contributed by atoms with Crippen molar-refractivity contribution < 1.29 is 19.4 Å². The Hall–Kier alpha value is -2.76. The standard InChI is InChI=1S/C13H12N2O4/c1-8-2-3-12(19-8)7-14-15-13(18)9-4-10(16)6-11(17)5-9/h2-7,16-17H,1H3,(H,15,18)/b14-7-. The Morgan fingerprint density at radius 2 is 1.95 bits per heavy atom. The van der Waals surface area contributed by atoms with Gasteiger partial charge in [-0.05, 0) is 31.2 Å². The third-order valence-electron chi connectivity index (χ3n) is 2.28. The SMILES string of the molecule is Cc1ccc(/C=N\NC(=O)c2cc(O)cc(O)c2)o1. The molecule has 0 saturated carbocycles. The molecular formula is C13H12N2O4. The Labute approximate surface area is 109 Å². The van der Waals surface area contributed by atoms with Crippen LogP contribution >= 0.6 is 0 Å². The van der Waals surface area contributed by atoms with E-state index < -0.39 is 5.91 Å². The first-order chi connectivity index (χ1) is 9.04. The number of amides is 1. The highest BCUT2D eigenvalue weighted by Gasteiger charge is 2.07. The van der Waals surface area contributed by atoms with Crippen molar-refractivity contribution in [1.29, 1.82) is 0 Å². The van der Waals surface area contributed by atoms with Crippen molar-refractivity contribution in [1.82, 2.24) is 5.43 Å². The van der Waals surface area contributed by atoms with E-state index in [-0.39, 0.29) is 17.1 Å². The molecule has 19 heavy (non-hydrogen) atoms. The molecule has 0 atom stereocenters. The normalized spacial score (nSPS) is 10.8. The van der Waals surface area contributed by atoms with Crippen molar-refractivity contribution in [3.63, 3.8) is 0 Å². The zero-order valence-corrected chi connectivity index (χ0v) is 10.1. The van der Waals surface area contributed by atoms with Gasteiger partial charge in [-0.25, -0.2) is 5.43 Å². The van der Waals surface area contributed by atoms with Gasteiger partial charge >= 0.3 is 0 Å². The van der Waals surface area contributed by atoms with E-state index in [1.807, 2.05) is 0 Å². The first-order valence-corrected chi connectivity index (χ1v) is 5.47. The minimum absolute atomic E-state index is 0.102. The summed E-state index contributed by atoms with van der Waals surface area (Å²) in [7, 11) is 0. The molecule has 1 aromatic heterocycles. The number of hydrogen-bond acceptors (Lipinski definition) is 5. The minimum Gasteiger partial charge on any atom is -0.508 e. The molecule has 0 spiro atoms. The lowest BCUT2D eigenvalue weighted by Crippen LogP contribution is -2.17. The molecule has 98 valence electrons. The van der Waals surface area contributed by atoms with Crippen LogP contribution < -0.4 is 5.43 Å². The molecule has 0 aliphatic rings. The van der Waals surface area contributed by atoms with Gasteiger partial charge in [-0.1, -0.05) is 0 Å². The van der Waals surface area contributed by atoms with Gasteiger partial charge in [0.2, 0.25) is 0 Å². The van der Waals surface area contributed by atoms with Crippen molar-refractivity contribution >= 4 is 12.1 Å². The summed E-state index contributed by atoms with van der Waals surface area (Å²) in [6.45, 7) is 1.80. The quantitative estimate of drug-likeness (QED) is 0.579. The molecular weight excluding hydrogens is 248 g/mol. The highest BCUT2D eigenvalue weighted by Crippen LogP contribution is 2.20. The molecule has 0 fully saturated rings. The number of carbonyl (C=O) groups is 1. The summed E-state index contributed by atoms with van der Waals surface area (Å²) in [6, 6.07) is 7.07. The summed E-state index contributed by atoms with van der Waals surface area (Å²) < 4.78 is 5.23. The topological polar surface area (TPSA) is 95.1 Å². The molecule has 0 aliphatic carbocycles. The molecule has 0 radical (unpaired) electrons. The first kappa shape index (κ1) is 12.7. The highest BCUT2D eigenvalue weighted by molar-refractivity contribution is 5.95. The van der Waals surface area contributed by atoms with Crippen LogP contribution in [0.5, 0.6) is 11.5 Å². The lowest BCUT2D eigenvalue weighted by atomic mass is 10.2. The van der Waals surface area contributed by atoms with E-state index in [0.29, 0.717) is 5.76 Å². The van der Waals surface area contributed by atoms with Crippen LogP contribution in [0.15, 0.2) is 39.9 Å². The number of hydrogen-bond donors (Lipinski definition) is 3. The Kier molecular flexibility index (Phi) is 3.51. The van der Waals surface area contributed by atoms with Gasteiger partial charge in [-0.3, -0.25) is 4.79 Å². The highest BCUT2D eigenvalue weighted by atomic mass is 16.3. The number of nitrogens with zero attached hydrogens (tertiary/aromatic N) is 1. The number of nitrogens with one attached hydrogen (secondary N) is 1. The molecule has 2 aromatic rings. The third-order valence-corrected chi connectivity index (χ3v) is 2.28. The predicted octanol–water partition coefficient (Wildman–Crippen LogP) is 1.76. The zero-order valence-electron chi connectivity index (χ0n) is 10.1. The fourth-order valence-corrected chi connectivity index (χ4v) is 1.47. The third kappa shape index (κ3) is 3.35. The zero-order chi connectivity index (χ0) is 13.8. The maximum atomic E-state index is 11.7. The van der Waals surface area contributed by atoms with E-state index in [0.717, 1.165) is 11.8 Å². The van der Waals surface area contributed by atoms with Crippen LogP contribution in [-0.4, -0.2) is 22.3 Å². The number of furan rings is 1. The van der Waals surface area contributed by atoms with Gasteiger partial charge in [0.1, 0.15) is 23.0 Å². The van der Waals surface area contributed by atoms with Gasteiger partial charge in [0, 0.05) is 11.6 Å². The van der Waals surface area contributed by atoms with Crippen molar-refractivity contribution in [3.8, 4) is 11.5 Å². The fraction of sp³-hybridized carbons (Fsp3) is 0.0769. The van der Waals surface area contributed by atoms with Crippen LogP contribution in [0.1, 0.15) is 21.9 Å². The molecule has 1 aromatic carbocycles. The molecule has 0 aliphatic heterocycles. The second-order valence-corrected chi connectivity index (χ2v) is 3.89. The predicted molar refractivity (Wildman–Crippen MR) is 68.3 cm³/mol. The Morgan fingerprint density at radius 3 is 2.53 bits per heavy atom. The maximum absolute atomic E-state index is 11.7. The van der Waals surface area contributed by atoms with Crippen LogP contribution in [0.25, 0.3) is 0 Å². The summed E-state index contributed by atoms with van der Waals surface area (Å²) in [5, 5.41) is 22.2. The Morgan fingerprint density at radius 1 is 1.26 bits per heavy atom. The lowest BCUT2D eigenvalue weighted by molar-refractivity contribution is 0.0954. The van der Waals surface area contributed by atoms with Crippen LogP contribution in [-0.2, 0) is 0 Å². The Bertz CT molecular complexity index is 611. The molecule has 0 bridgehead atoms. The lowest BCUT2D eigenvalue weighted by Gasteiger charge is -2.01. The second-order valence-electron chi connectivity index (χ2n) is 3.89. The van der Waals surface area contributed by atoms with Crippen LogP contribution in [0.4, 0.5) is 0 Å². The number of phenols is 2. The largest absolute Gasteiger partial charge is 0.508 e. The van der Waals surface area contributed by atoms with Gasteiger partial charge in [-0.15, -0.1) is 0 Å². The summed E-state index contributed by atoms with van der Waals surface area (Å²) in [4.78, 5) is 11.7. The molecule has 3 N–H and O–H groups in total. The fourth-order valence-electron chi connectivity index (χ4n) is 1.47. The molecule has 0 unspecified atom stereocenters. The van der Waals surface area contributed by atoms with Gasteiger partial charge in [0.05, 0.1) is 6.21 Å². The van der Waals surface area contributed by atoms with E-state index in [9.17, 15) is 15.0 Å². The number of benzene rings is 1. The van der Waals surface area contributed by atoms with Crippen molar-refractivity contribution in [2.24, 2.45) is 5.10 Å². The smallest absolute Gasteiger partial charge is 0.271 e. The molecule has 2 rings (SSSR count).